The molecular weight excluding hydrogens is 346 g/mol. The lowest BCUT2D eigenvalue weighted by Crippen LogP contribution is -2.31. The van der Waals surface area contributed by atoms with Gasteiger partial charge in [0.15, 0.2) is 0 Å². The fourth-order valence-electron chi connectivity index (χ4n) is 1.95. The fraction of sp³-hybridized carbons (Fsp3) is 0.125. The Morgan fingerprint density at radius 2 is 1.64 bits per heavy atom. The van der Waals surface area contributed by atoms with Crippen LogP contribution in [-0.4, -0.2) is 27.3 Å². The lowest BCUT2D eigenvalue weighted by molar-refractivity contribution is -0.118. The summed E-state index contributed by atoms with van der Waals surface area (Å²) in [6, 6.07) is 11.8. The summed E-state index contributed by atoms with van der Waals surface area (Å²) in [6.45, 7) is 1.33. The SMILES string of the molecule is COc1ccccc1C(=O)NS(=O)(=O)c1ccc(NNC(C)=O)cc1. The molecule has 0 aromatic heterocycles. The summed E-state index contributed by atoms with van der Waals surface area (Å²) >= 11 is 0. The van der Waals surface area contributed by atoms with Gasteiger partial charge >= 0.3 is 0 Å². The first kappa shape index (κ1) is 18.3. The summed E-state index contributed by atoms with van der Waals surface area (Å²) < 4.78 is 31.7. The zero-order chi connectivity index (χ0) is 18.4. The van der Waals surface area contributed by atoms with Crippen molar-refractivity contribution >= 4 is 27.5 Å². The third-order valence-electron chi connectivity index (χ3n) is 3.13. The molecule has 0 saturated heterocycles. The van der Waals surface area contributed by atoms with Gasteiger partial charge in [-0.15, -0.1) is 0 Å². The first-order valence-electron chi connectivity index (χ1n) is 7.16. The van der Waals surface area contributed by atoms with E-state index in [2.05, 4.69) is 10.9 Å². The van der Waals surface area contributed by atoms with Crippen LogP contribution in [-0.2, 0) is 14.8 Å². The van der Waals surface area contributed by atoms with Gasteiger partial charge in [0, 0.05) is 6.92 Å². The van der Waals surface area contributed by atoms with Crippen molar-refractivity contribution in [1.82, 2.24) is 10.1 Å². The molecule has 2 aromatic carbocycles. The molecule has 0 atom stereocenters. The molecule has 3 N–H and O–H groups in total. The molecule has 0 aliphatic heterocycles. The number of rotatable bonds is 6. The van der Waals surface area contributed by atoms with Gasteiger partial charge in [0.1, 0.15) is 5.75 Å². The summed E-state index contributed by atoms with van der Waals surface area (Å²) in [5.41, 5.74) is 5.57. The van der Waals surface area contributed by atoms with E-state index >= 15 is 0 Å². The zero-order valence-corrected chi connectivity index (χ0v) is 14.4. The van der Waals surface area contributed by atoms with E-state index in [9.17, 15) is 18.0 Å². The first-order chi connectivity index (χ1) is 11.8. The van der Waals surface area contributed by atoms with E-state index in [0.29, 0.717) is 5.69 Å². The van der Waals surface area contributed by atoms with Gasteiger partial charge in [0.2, 0.25) is 5.91 Å². The van der Waals surface area contributed by atoms with Crippen LogP contribution in [0.5, 0.6) is 5.75 Å². The monoisotopic (exact) mass is 363 g/mol. The van der Waals surface area contributed by atoms with Crippen molar-refractivity contribution in [3.05, 3.63) is 54.1 Å². The van der Waals surface area contributed by atoms with Gasteiger partial charge in [-0.2, -0.15) is 0 Å². The summed E-state index contributed by atoms with van der Waals surface area (Å²) in [4.78, 5) is 23.0. The minimum absolute atomic E-state index is 0.0934. The highest BCUT2D eigenvalue weighted by Gasteiger charge is 2.20. The third-order valence-corrected chi connectivity index (χ3v) is 4.47. The quantitative estimate of drug-likeness (QED) is 0.666. The largest absolute Gasteiger partial charge is 0.496 e. The van der Waals surface area contributed by atoms with Gasteiger partial charge in [0.05, 0.1) is 23.3 Å². The number of para-hydroxylation sites is 1. The Balaban J connectivity index is 2.15. The van der Waals surface area contributed by atoms with Crippen LogP contribution >= 0.6 is 0 Å². The van der Waals surface area contributed by atoms with Crippen molar-refractivity contribution in [2.75, 3.05) is 12.5 Å². The van der Waals surface area contributed by atoms with Crippen molar-refractivity contribution in [3.63, 3.8) is 0 Å². The molecule has 8 nitrogen and oxygen atoms in total. The Labute approximate surface area is 145 Å². The van der Waals surface area contributed by atoms with Crippen molar-refractivity contribution in [1.29, 1.82) is 0 Å². The molecule has 0 bridgehead atoms. The Hall–Kier alpha value is -3.07. The third kappa shape index (κ3) is 4.70. The average Bonchev–Trinajstić information content (AvgIpc) is 2.59. The fourth-order valence-corrected chi connectivity index (χ4v) is 2.91. The van der Waals surface area contributed by atoms with E-state index < -0.39 is 15.9 Å². The number of anilines is 1. The maximum absolute atomic E-state index is 12.3. The summed E-state index contributed by atoms with van der Waals surface area (Å²) in [6.07, 6.45) is 0. The summed E-state index contributed by atoms with van der Waals surface area (Å²) in [5.74, 6) is -0.816. The maximum Gasteiger partial charge on any atom is 0.268 e. The lowest BCUT2D eigenvalue weighted by Gasteiger charge is -2.11. The number of hydrogen-bond donors (Lipinski definition) is 3. The number of amides is 2. The zero-order valence-electron chi connectivity index (χ0n) is 13.6. The van der Waals surface area contributed by atoms with E-state index in [1.165, 1.54) is 44.4 Å². The molecule has 0 heterocycles. The van der Waals surface area contributed by atoms with Crippen LogP contribution < -0.4 is 20.3 Å². The second-order valence-corrected chi connectivity index (χ2v) is 6.65. The highest BCUT2D eigenvalue weighted by atomic mass is 32.2. The van der Waals surface area contributed by atoms with Gasteiger partial charge in [-0.25, -0.2) is 13.1 Å². The lowest BCUT2D eigenvalue weighted by atomic mass is 10.2. The second-order valence-electron chi connectivity index (χ2n) is 4.97. The van der Waals surface area contributed by atoms with Gasteiger partial charge in [-0.05, 0) is 36.4 Å². The minimum atomic E-state index is -4.05. The molecule has 2 amide bonds. The van der Waals surface area contributed by atoms with Crippen LogP contribution in [0.2, 0.25) is 0 Å². The predicted molar refractivity (Wildman–Crippen MR) is 91.5 cm³/mol. The molecule has 2 rings (SSSR count). The molecule has 0 radical (unpaired) electrons. The molecule has 132 valence electrons. The van der Waals surface area contributed by atoms with Crippen molar-refractivity contribution < 1.29 is 22.7 Å². The first-order valence-corrected chi connectivity index (χ1v) is 8.64. The summed E-state index contributed by atoms with van der Waals surface area (Å²) in [7, 11) is -2.66. The van der Waals surface area contributed by atoms with Gasteiger partial charge in [0.25, 0.3) is 15.9 Å². The van der Waals surface area contributed by atoms with Crippen molar-refractivity contribution in [2.24, 2.45) is 0 Å². The van der Waals surface area contributed by atoms with Crippen molar-refractivity contribution in [3.8, 4) is 5.75 Å². The van der Waals surface area contributed by atoms with E-state index in [1.807, 2.05) is 4.72 Å². The molecule has 0 aliphatic carbocycles. The predicted octanol–water partition coefficient (Wildman–Crippen LogP) is 1.28. The van der Waals surface area contributed by atoms with Gasteiger partial charge < -0.3 is 4.74 Å². The van der Waals surface area contributed by atoms with E-state index in [-0.39, 0.29) is 22.1 Å². The standard InChI is InChI=1S/C16H17N3O5S/c1-11(20)17-18-12-7-9-13(10-8-12)25(22,23)19-16(21)14-5-3-4-6-15(14)24-2/h3-10,18H,1-2H3,(H,17,20)(H,19,21). The maximum atomic E-state index is 12.3. The Morgan fingerprint density at radius 3 is 2.24 bits per heavy atom. The Bertz CT molecular complexity index is 879. The van der Waals surface area contributed by atoms with Gasteiger partial charge in [-0.1, -0.05) is 12.1 Å². The minimum Gasteiger partial charge on any atom is -0.496 e. The van der Waals surface area contributed by atoms with Crippen LogP contribution in [0.3, 0.4) is 0 Å². The number of hydrazine groups is 1. The number of methoxy groups -OCH3 is 1. The Kier molecular flexibility index (Phi) is 5.60. The van der Waals surface area contributed by atoms with E-state index in [0.717, 1.165) is 0 Å². The molecule has 0 spiro atoms. The van der Waals surface area contributed by atoms with Crippen LogP contribution in [0.25, 0.3) is 0 Å². The van der Waals surface area contributed by atoms with Crippen LogP contribution in [0.15, 0.2) is 53.4 Å². The number of nitrogens with one attached hydrogen (secondary N) is 3. The highest BCUT2D eigenvalue weighted by molar-refractivity contribution is 7.90. The van der Waals surface area contributed by atoms with Crippen LogP contribution in [0.4, 0.5) is 5.69 Å². The van der Waals surface area contributed by atoms with Gasteiger partial charge in [-0.3, -0.25) is 20.4 Å². The number of carbonyl (C=O) groups is 2. The number of hydrogen-bond acceptors (Lipinski definition) is 6. The smallest absolute Gasteiger partial charge is 0.268 e. The molecule has 0 saturated carbocycles. The average molecular weight is 363 g/mol. The Morgan fingerprint density at radius 1 is 1.00 bits per heavy atom. The summed E-state index contributed by atoms with van der Waals surface area (Å²) in [5, 5.41) is 0. The number of benzene rings is 2. The van der Waals surface area contributed by atoms with E-state index in [4.69, 9.17) is 4.74 Å². The molecule has 0 fully saturated rings. The second kappa shape index (κ2) is 7.67. The number of carbonyl (C=O) groups excluding carboxylic acids is 2. The van der Waals surface area contributed by atoms with Crippen molar-refractivity contribution in [2.45, 2.75) is 11.8 Å². The normalized spacial score (nSPS) is 10.6. The van der Waals surface area contributed by atoms with Crippen LogP contribution in [0, 0.1) is 0 Å². The molecular formula is C16H17N3O5S. The van der Waals surface area contributed by atoms with Crippen LogP contribution in [0.1, 0.15) is 17.3 Å². The molecule has 0 aliphatic rings. The highest BCUT2D eigenvalue weighted by Crippen LogP contribution is 2.19. The number of ether oxygens (including phenoxy) is 1. The van der Waals surface area contributed by atoms with E-state index in [1.54, 1.807) is 18.2 Å². The molecule has 9 heteroatoms. The topological polar surface area (TPSA) is 114 Å². The molecule has 0 unspecified atom stereocenters. The molecule has 2 aromatic rings. The number of sulfonamides is 1. The molecule has 25 heavy (non-hydrogen) atoms.